The van der Waals surface area contributed by atoms with Gasteiger partial charge in [-0.15, -0.1) is 0 Å². The van der Waals surface area contributed by atoms with E-state index in [-0.39, 0.29) is 0 Å². The van der Waals surface area contributed by atoms with Crippen LogP contribution in [0.3, 0.4) is 0 Å². The third-order valence-corrected chi connectivity index (χ3v) is 0.424. The van der Waals surface area contributed by atoms with Crippen LogP contribution in [-0.4, -0.2) is 14.3 Å². The van der Waals surface area contributed by atoms with Crippen LogP contribution in [0.25, 0.3) is 0 Å². The SMILES string of the molecule is N#C[Si][N+](=O)[O-]. The van der Waals surface area contributed by atoms with Gasteiger partial charge < -0.3 is 0 Å². The summed E-state index contributed by atoms with van der Waals surface area (Å²) < 4.78 is -0.653. The molecule has 0 atom stereocenters. The number of hydrogen-bond donors (Lipinski definition) is 0. The molecule has 0 saturated heterocycles. The Labute approximate surface area is 36.4 Å². The van der Waals surface area contributed by atoms with Crippen molar-refractivity contribution in [1.82, 2.24) is 0 Å². The quantitative estimate of drug-likeness (QED) is 0.250. The normalized spacial score (nSPS) is 6.50. The van der Waals surface area contributed by atoms with Crippen LogP contribution in [0.4, 0.5) is 0 Å². The van der Waals surface area contributed by atoms with Crippen LogP contribution in [0.2, 0.25) is 0 Å². The Morgan fingerprint density at radius 1 is 2.00 bits per heavy atom. The Balaban J connectivity index is 3.13. The smallest absolute Gasteiger partial charge is 0.288 e. The van der Waals surface area contributed by atoms with E-state index in [1.165, 1.54) is 5.69 Å². The zero-order chi connectivity index (χ0) is 4.99. The molecule has 0 aliphatic rings. The lowest BCUT2D eigenvalue weighted by molar-refractivity contribution is -0.318. The first-order valence-corrected chi connectivity index (χ1v) is 2.01. The van der Waals surface area contributed by atoms with Crippen molar-refractivity contribution < 1.29 is 4.59 Å². The first kappa shape index (κ1) is 5.11. The lowest BCUT2D eigenvalue weighted by Gasteiger charge is -1.68. The van der Waals surface area contributed by atoms with E-state index in [9.17, 15) is 10.1 Å². The van der Waals surface area contributed by atoms with Crippen molar-refractivity contribution in [1.29, 1.82) is 5.26 Å². The van der Waals surface area contributed by atoms with Crippen molar-refractivity contribution in [2.75, 3.05) is 0 Å². The molecule has 0 fully saturated rings. The summed E-state index contributed by atoms with van der Waals surface area (Å²) in [5.41, 5.74) is 1.40. The Kier molecular flexibility index (Phi) is 2.00. The molecule has 5 heteroatoms. The molecule has 0 aliphatic heterocycles. The largest absolute Gasteiger partial charge is 0.685 e. The van der Waals surface area contributed by atoms with Gasteiger partial charge in [-0.1, -0.05) is 0 Å². The maximum atomic E-state index is 9.19. The van der Waals surface area contributed by atoms with E-state index in [2.05, 4.69) is 0 Å². The van der Waals surface area contributed by atoms with Crippen LogP contribution < -0.4 is 0 Å². The summed E-state index contributed by atoms with van der Waals surface area (Å²) in [4.78, 5) is 9.19. The molecule has 0 aromatic heterocycles. The summed E-state index contributed by atoms with van der Waals surface area (Å²) in [6, 6.07) is 0. The Morgan fingerprint density at radius 3 is 2.50 bits per heavy atom. The van der Waals surface area contributed by atoms with Gasteiger partial charge in [-0.05, 0) is 4.59 Å². The summed E-state index contributed by atoms with van der Waals surface area (Å²) in [7, 11) is -0.801. The van der Waals surface area contributed by atoms with Gasteiger partial charge in [0.15, 0.2) is 0 Å². The van der Waals surface area contributed by atoms with Crippen LogP contribution >= 0.6 is 0 Å². The number of rotatable bonds is 1. The highest BCUT2D eigenvalue weighted by atomic mass is 28.2. The fourth-order valence-corrected chi connectivity index (χ4v) is 0.122. The van der Waals surface area contributed by atoms with Crippen LogP contribution in [0.1, 0.15) is 0 Å². The molecule has 2 radical (unpaired) electrons. The highest BCUT2D eigenvalue weighted by Crippen LogP contribution is 1.53. The molecule has 0 aromatic rings. The third-order valence-electron chi connectivity index (χ3n) is 0.141. The van der Waals surface area contributed by atoms with Crippen molar-refractivity contribution in [3.8, 4) is 5.69 Å². The van der Waals surface area contributed by atoms with Gasteiger partial charge in [0.25, 0.3) is 0 Å². The predicted octanol–water partition coefficient (Wildman–Crippen LogP) is -0.637. The average molecular weight is 100 g/mol. The standard InChI is InChI=1S/CN2O2Si/c2-1-6-3(4)5. The zero-order valence-electron chi connectivity index (χ0n) is 2.71. The highest BCUT2D eigenvalue weighted by Gasteiger charge is 2.00. The first-order chi connectivity index (χ1) is 2.77. The summed E-state index contributed by atoms with van der Waals surface area (Å²) in [5, 5.41) is 16.8. The lowest BCUT2D eigenvalue weighted by atomic mass is 11.8. The van der Waals surface area contributed by atoms with E-state index in [0.717, 1.165) is 0 Å². The van der Waals surface area contributed by atoms with Crippen LogP contribution in [0.5, 0.6) is 0 Å². The topological polar surface area (TPSA) is 66.9 Å². The predicted molar refractivity (Wildman–Crippen MR) is 18.4 cm³/mol. The van der Waals surface area contributed by atoms with Crippen molar-refractivity contribution >= 4 is 9.68 Å². The van der Waals surface area contributed by atoms with Gasteiger partial charge in [-0.3, -0.25) is 10.1 Å². The number of nitro groups is 1. The van der Waals surface area contributed by atoms with Crippen LogP contribution in [0, 0.1) is 21.1 Å². The molecule has 0 heterocycles. The van der Waals surface area contributed by atoms with Gasteiger partial charge in [-0.2, -0.15) is 5.26 Å². The molecule has 0 aromatic carbocycles. The lowest BCUT2D eigenvalue weighted by Crippen LogP contribution is -2.00. The minimum atomic E-state index is -0.801. The monoisotopic (exact) mass is 100.0 g/mol. The maximum absolute atomic E-state index is 9.19. The van der Waals surface area contributed by atoms with Crippen molar-refractivity contribution in [2.24, 2.45) is 0 Å². The molecule has 6 heavy (non-hydrogen) atoms. The number of nitrogens with zero attached hydrogens (tertiary/aromatic N) is 2. The van der Waals surface area contributed by atoms with Crippen LogP contribution in [0.15, 0.2) is 0 Å². The molecule has 0 aliphatic carbocycles. The zero-order valence-corrected chi connectivity index (χ0v) is 3.71. The molecule has 0 amide bonds. The van der Waals surface area contributed by atoms with E-state index in [1.54, 1.807) is 0 Å². The molecule has 30 valence electrons. The fourth-order valence-electron chi connectivity index (χ4n) is 0.0408. The molecule has 0 rings (SSSR count). The minimum absolute atomic E-state index is 0.653. The Hall–Kier alpha value is -0.893. The van der Waals surface area contributed by atoms with Gasteiger partial charge in [0.1, 0.15) is 5.69 Å². The van der Waals surface area contributed by atoms with E-state index < -0.39 is 14.3 Å². The van der Waals surface area contributed by atoms with E-state index in [4.69, 9.17) is 5.26 Å². The Bertz CT molecular complexity index is 94.2. The molecule has 0 spiro atoms. The number of hydrogen-bond acceptors (Lipinski definition) is 3. The third kappa shape index (κ3) is 3.11. The summed E-state index contributed by atoms with van der Waals surface area (Å²) in [5.74, 6) is 0. The molecule has 4 nitrogen and oxygen atoms in total. The molecule has 0 N–H and O–H groups in total. The maximum Gasteiger partial charge on any atom is 0.685 e. The fraction of sp³-hybridized carbons (Fsp3) is 0. The van der Waals surface area contributed by atoms with Crippen LogP contribution in [-0.2, 0) is 0 Å². The van der Waals surface area contributed by atoms with Gasteiger partial charge in [0.05, 0.1) is 0 Å². The second-order valence-corrected chi connectivity index (χ2v) is 1.29. The highest BCUT2D eigenvalue weighted by molar-refractivity contribution is 6.35. The molecule has 0 saturated carbocycles. The summed E-state index contributed by atoms with van der Waals surface area (Å²) >= 11 is 0. The minimum Gasteiger partial charge on any atom is -0.288 e. The first-order valence-electron chi connectivity index (χ1n) is 1.06. The van der Waals surface area contributed by atoms with Gasteiger partial charge in [0.2, 0.25) is 0 Å². The van der Waals surface area contributed by atoms with Crippen molar-refractivity contribution in [2.45, 2.75) is 0 Å². The van der Waals surface area contributed by atoms with Gasteiger partial charge >= 0.3 is 9.68 Å². The molecular weight excluding hydrogens is 100 g/mol. The van der Waals surface area contributed by atoms with Crippen molar-refractivity contribution in [3.63, 3.8) is 0 Å². The van der Waals surface area contributed by atoms with Gasteiger partial charge in [0, 0.05) is 0 Å². The van der Waals surface area contributed by atoms with E-state index in [1.807, 2.05) is 0 Å². The average Bonchev–Trinajstić information content (AvgIpc) is 1.35. The summed E-state index contributed by atoms with van der Waals surface area (Å²) in [6.45, 7) is 0. The molecule has 0 bridgehead atoms. The van der Waals surface area contributed by atoms with E-state index in [0.29, 0.717) is 0 Å². The van der Waals surface area contributed by atoms with Crippen molar-refractivity contribution in [3.05, 3.63) is 10.1 Å². The Morgan fingerprint density at radius 2 is 2.50 bits per heavy atom. The summed E-state index contributed by atoms with van der Waals surface area (Å²) in [6.07, 6.45) is 0. The molecule has 0 unspecified atom stereocenters. The van der Waals surface area contributed by atoms with Gasteiger partial charge in [-0.25, -0.2) is 0 Å². The van der Waals surface area contributed by atoms with E-state index >= 15 is 0 Å². The molecular formula is CN2O2Si. The number of nitriles is 1. The second kappa shape index (κ2) is 2.35. The second-order valence-electron chi connectivity index (χ2n) is 0.481.